The van der Waals surface area contributed by atoms with Crippen molar-refractivity contribution in [3.63, 3.8) is 0 Å². The number of carbonyl (C=O) groups is 1. The highest BCUT2D eigenvalue weighted by atomic mass is 19.1. The predicted octanol–water partition coefficient (Wildman–Crippen LogP) is 4.66. The molecule has 0 saturated heterocycles. The van der Waals surface area contributed by atoms with Crippen molar-refractivity contribution < 1.29 is 18.3 Å². The molecule has 0 aliphatic rings. The number of aryl methyl sites for hydroxylation is 1. The fraction of sp³-hybridized carbons (Fsp3) is 0.167. The van der Waals surface area contributed by atoms with Gasteiger partial charge >= 0.3 is 5.63 Å². The van der Waals surface area contributed by atoms with Gasteiger partial charge < -0.3 is 13.7 Å². The van der Waals surface area contributed by atoms with Crippen LogP contribution < -0.4 is 10.4 Å². The summed E-state index contributed by atoms with van der Waals surface area (Å²) >= 11 is 0. The number of benzene rings is 2. The summed E-state index contributed by atoms with van der Waals surface area (Å²) in [6.45, 7) is 4.23. The second-order valence-corrected chi connectivity index (χ2v) is 7.16. The number of hydrogen-bond acceptors (Lipinski definition) is 4. The SMILES string of the molecule is Cc1cc(C(=O)COc2ccc3ccc(=O)oc3c2)c(C)n1Cc1ccc(F)cc1. The van der Waals surface area contributed by atoms with Gasteiger partial charge in [-0.1, -0.05) is 12.1 Å². The first-order valence-electron chi connectivity index (χ1n) is 9.52. The Balaban J connectivity index is 1.49. The van der Waals surface area contributed by atoms with Gasteiger partial charge in [-0.3, -0.25) is 4.79 Å². The molecule has 2 heterocycles. The van der Waals surface area contributed by atoms with Crippen LogP contribution in [0.15, 0.2) is 69.9 Å². The molecule has 4 rings (SSSR count). The van der Waals surface area contributed by atoms with Crippen molar-refractivity contribution >= 4 is 16.8 Å². The molecule has 0 aliphatic heterocycles. The summed E-state index contributed by atoms with van der Waals surface area (Å²) in [6.07, 6.45) is 0. The van der Waals surface area contributed by atoms with E-state index < -0.39 is 5.63 Å². The summed E-state index contributed by atoms with van der Waals surface area (Å²) < 4.78 is 25.9. The number of carbonyl (C=O) groups excluding carboxylic acids is 1. The summed E-state index contributed by atoms with van der Waals surface area (Å²) in [7, 11) is 0. The molecule has 0 spiro atoms. The van der Waals surface area contributed by atoms with E-state index in [1.807, 2.05) is 24.5 Å². The zero-order valence-electron chi connectivity index (χ0n) is 16.6. The molecule has 4 aromatic rings. The van der Waals surface area contributed by atoms with E-state index in [2.05, 4.69) is 0 Å². The second kappa shape index (κ2) is 7.99. The third-order valence-corrected chi connectivity index (χ3v) is 5.09. The van der Waals surface area contributed by atoms with Crippen molar-refractivity contribution in [1.29, 1.82) is 0 Å². The Bertz CT molecular complexity index is 1290. The topological polar surface area (TPSA) is 61.4 Å². The van der Waals surface area contributed by atoms with E-state index in [0.29, 0.717) is 23.4 Å². The normalized spacial score (nSPS) is 11.0. The molecular formula is C24H20FNO4. The van der Waals surface area contributed by atoms with E-state index in [1.54, 1.807) is 36.4 Å². The van der Waals surface area contributed by atoms with Crippen LogP contribution in [0.3, 0.4) is 0 Å². The number of aromatic nitrogens is 1. The van der Waals surface area contributed by atoms with Crippen LogP contribution in [0.1, 0.15) is 27.3 Å². The number of nitrogens with zero attached hydrogens (tertiary/aromatic N) is 1. The van der Waals surface area contributed by atoms with Gasteiger partial charge in [-0.2, -0.15) is 0 Å². The third-order valence-electron chi connectivity index (χ3n) is 5.09. The van der Waals surface area contributed by atoms with Crippen LogP contribution in [0.5, 0.6) is 5.75 Å². The zero-order valence-corrected chi connectivity index (χ0v) is 16.6. The molecule has 152 valence electrons. The Hall–Kier alpha value is -3.67. The molecule has 0 atom stereocenters. The van der Waals surface area contributed by atoms with Crippen LogP contribution in [-0.2, 0) is 6.54 Å². The number of rotatable bonds is 6. The summed E-state index contributed by atoms with van der Waals surface area (Å²) in [6, 6.07) is 16.3. The molecule has 6 heteroatoms. The molecule has 0 saturated carbocycles. The van der Waals surface area contributed by atoms with E-state index >= 15 is 0 Å². The Morgan fingerprint density at radius 3 is 2.53 bits per heavy atom. The Morgan fingerprint density at radius 1 is 1.03 bits per heavy atom. The lowest BCUT2D eigenvalue weighted by atomic mass is 10.1. The lowest BCUT2D eigenvalue weighted by Crippen LogP contribution is -2.13. The quantitative estimate of drug-likeness (QED) is 0.346. The number of fused-ring (bicyclic) bond motifs is 1. The van der Waals surface area contributed by atoms with E-state index in [1.165, 1.54) is 18.2 Å². The van der Waals surface area contributed by atoms with Gasteiger partial charge in [-0.15, -0.1) is 0 Å². The van der Waals surface area contributed by atoms with Gasteiger partial charge in [-0.25, -0.2) is 9.18 Å². The average Bonchev–Trinajstić information content (AvgIpc) is 3.01. The molecule has 0 aliphatic carbocycles. The van der Waals surface area contributed by atoms with Crippen molar-refractivity contribution in [3.05, 3.63) is 99.4 Å². The molecule has 30 heavy (non-hydrogen) atoms. The van der Waals surface area contributed by atoms with Crippen LogP contribution in [0.2, 0.25) is 0 Å². The summed E-state index contributed by atoms with van der Waals surface area (Å²) in [5.74, 6) is 0.0223. The highest BCUT2D eigenvalue weighted by Crippen LogP contribution is 2.21. The standard InChI is InChI=1S/C24H20FNO4/c1-15-11-21(16(2)26(15)13-17-3-7-19(25)8-4-17)22(27)14-29-20-9-5-18-6-10-24(28)30-23(18)12-20/h3-12H,13-14H2,1-2H3. The monoisotopic (exact) mass is 405 g/mol. The molecule has 0 fully saturated rings. The van der Waals surface area contributed by atoms with Gasteiger partial charge in [0.1, 0.15) is 17.1 Å². The molecule has 0 unspecified atom stereocenters. The number of Topliss-reactive ketones (excluding diaryl/α,β-unsaturated/α-hetero) is 1. The second-order valence-electron chi connectivity index (χ2n) is 7.16. The van der Waals surface area contributed by atoms with Crippen LogP contribution in [0.25, 0.3) is 11.0 Å². The Kier molecular flexibility index (Phi) is 5.23. The summed E-state index contributed by atoms with van der Waals surface area (Å²) in [5, 5.41) is 0.776. The number of halogens is 1. The van der Waals surface area contributed by atoms with Crippen LogP contribution in [0, 0.1) is 19.7 Å². The summed E-state index contributed by atoms with van der Waals surface area (Å²) in [5.41, 5.74) is 3.27. The van der Waals surface area contributed by atoms with Gasteiger partial charge in [0.25, 0.3) is 0 Å². The average molecular weight is 405 g/mol. The van der Waals surface area contributed by atoms with Crippen molar-refractivity contribution in [2.24, 2.45) is 0 Å². The predicted molar refractivity (Wildman–Crippen MR) is 112 cm³/mol. The first-order valence-corrected chi connectivity index (χ1v) is 9.52. The number of ketones is 1. The lowest BCUT2D eigenvalue weighted by molar-refractivity contribution is 0.0921. The van der Waals surface area contributed by atoms with E-state index in [-0.39, 0.29) is 18.2 Å². The first-order chi connectivity index (χ1) is 14.4. The fourth-order valence-corrected chi connectivity index (χ4v) is 3.46. The maximum atomic E-state index is 13.1. The molecule has 0 radical (unpaired) electrons. The minimum atomic E-state index is -0.440. The Labute approximate surface area is 172 Å². The highest BCUT2D eigenvalue weighted by Gasteiger charge is 2.17. The molecule has 2 aromatic carbocycles. The third kappa shape index (κ3) is 4.03. The largest absolute Gasteiger partial charge is 0.485 e. The van der Waals surface area contributed by atoms with Crippen molar-refractivity contribution in [3.8, 4) is 5.75 Å². The molecule has 5 nitrogen and oxygen atoms in total. The minimum absolute atomic E-state index is 0.136. The molecule has 0 bridgehead atoms. The van der Waals surface area contributed by atoms with Gasteiger partial charge in [-0.05, 0) is 55.8 Å². The Morgan fingerprint density at radius 2 is 1.77 bits per heavy atom. The van der Waals surface area contributed by atoms with Crippen LogP contribution in [-0.4, -0.2) is 17.0 Å². The van der Waals surface area contributed by atoms with Crippen LogP contribution in [0.4, 0.5) is 4.39 Å². The molecular weight excluding hydrogens is 385 g/mol. The number of hydrogen-bond donors (Lipinski definition) is 0. The highest BCUT2D eigenvalue weighted by molar-refractivity contribution is 5.98. The minimum Gasteiger partial charge on any atom is -0.485 e. The molecule has 0 N–H and O–H groups in total. The number of ether oxygens (including phenoxy) is 1. The van der Waals surface area contributed by atoms with E-state index in [0.717, 1.165) is 22.3 Å². The zero-order chi connectivity index (χ0) is 21.3. The van der Waals surface area contributed by atoms with E-state index in [9.17, 15) is 14.0 Å². The van der Waals surface area contributed by atoms with Crippen molar-refractivity contribution in [2.45, 2.75) is 20.4 Å². The molecule has 0 amide bonds. The van der Waals surface area contributed by atoms with Crippen molar-refractivity contribution in [1.82, 2.24) is 4.57 Å². The van der Waals surface area contributed by atoms with Gasteiger partial charge in [0, 0.05) is 41.0 Å². The maximum absolute atomic E-state index is 13.1. The smallest absolute Gasteiger partial charge is 0.336 e. The van der Waals surface area contributed by atoms with Gasteiger partial charge in [0.05, 0.1) is 0 Å². The van der Waals surface area contributed by atoms with Gasteiger partial charge in [0.15, 0.2) is 6.61 Å². The maximum Gasteiger partial charge on any atom is 0.336 e. The fourth-order valence-electron chi connectivity index (χ4n) is 3.46. The van der Waals surface area contributed by atoms with Crippen LogP contribution >= 0.6 is 0 Å². The first kappa shape index (κ1) is 19.6. The van der Waals surface area contributed by atoms with Gasteiger partial charge in [0.2, 0.25) is 5.78 Å². The summed E-state index contributed by atoms with van der Waals surface area (Å²) in [4.78, 5) is 24.1. The lowest BCUT2D eigenvalue weighted by Gasteiger charge is -2.10. The molecule has 2 aromatic heterocycles. The van der Waals surface area contributed by atoms with Crippen molar-refractivity contribution in [2.75, 3.05) is 6.61 Å². The van der Waals surface area contributed by atoms with E-state index in [4.69, 9.17) is 9.15 Å².